The monoisotopic (exact) mass is 240 g/mol. The van der Waals surface area contributed by atoms with Crippen molar-refractivity contribution in [3.63, 3.8) is 0 Å². The van der Waals surface area contributed by atoms with Gasteiger partial charge < -0.3 is 4.98 Å². The number of para-hydroxylation sites is 1. The Kier molecular flexibility index (Phi) is 3.20. The fraction of sp³-hybridized carbons (Fsp3) is 0.375. The number of hydrogen-bond acceptors (Lipinski definition) is 1. The van der Waals surface area contributed by atoms with Crippen molar-refractivity contribution in [3.05, 3.63) is 48.7 Å². The van der Waals surface area contributed by atoms with Crippen molar-refractivity contribution in [3.8, 4) is 0 Å². The molecule has 0 bridgehead atoms. The van der Waals surface area contributed by atoms with Crippen LogP contribution in [0, 0.1) is 0 Å². The largest absolute Gasteiger partial charge is 0.357 e. The van der Waals surface area contributed by atoms with Gasteiger partial charge in [-0.25, -0.2) is 0 Å². The lowest BCUT2D eigenvalue weighted by molar-refractivity contribution is 0.163. The lowest BCUT2D eigenvalue weighted by Gasteiger charge is -2.34. The van der Waals surface area contributed by atoms with E-state index in [0.29, 0.717) is 6.04 Å². The molecule has 1 N–H and O–H groups in total. The number of hydrogen-bond donors (Lipinski definition) is 1. The highest BCUT2D eigenvalue weighted by Crippen LogP contribution is 2.31. The van der Waals surface area contributed by atoms with Crippen molar-refractivity contribution in [2.75, 3.05) is 13.1 Å². The number of rotatable bonds is 3. The Bertz CT molecular complexity index is 508. The fourth-order valence-electron chi connectivity index (χ4n) is 3.00. The highest BCUT2D eigenvalue weighted by molar-refractivity contribution is 5.80. The maximum atomic E-state index is 3.87. The molecule has 94 valence electrons. The third-order valence-electron chi connectivity index (χ3n) is 3.89. The molecule has 0 amide bonds. The second-order valence-corrected chi connectivity index (χ2v) is 5.11. The molecule has 1 unspecified atom stereocenters. The zero-order valence-corrected chi connectivity index (χ0v) is 10.7. The third kappa shape index (κ3) is 2.08. The van der Waals surface area contributed by atoms with Gasteiger partial charge in [0.05, 0.1) is 6.04 Å². The molecule has 1 aromatic carbocycles. The molecule has 0 aliphatic carbocycles. The summed E-state index contributed by atoms with van der Waals surface area (Å²) >= 11 is 0. The van der Waals surface area contributed by atoms with E-state index in [2.05, 4.69) is 46.8 Å². The second-order valence-electron chi connectivity index (χ2n) is 5.11. The van der Waals surface area contributed by atoms with Crippen LogP contribution in [0.2, 0.25) is 0 Å². The van der Waals surface area contributed by atoms with E-state index in [9.17, 15) is 0 Å². The number of fused-ring (bicyclic) bond motifs is 1. The molecular weight excluding hydrogens is 220 g/mol. The minimum atomic E-state index is 0.532. The van der Waals surface area contributed by atoms with Crippen LogP contribution in [0.4, 0.5) is 0 Å². The maximum absolute atomic E-state index is 3.87. The van der Waals surface area contributed by atoms with Crippen LogP contribution in [0.15, 0.2) is 43.0 Å². The zero-order chi connectivity index (χ0) is 12.4. The van der Waals surface area contributed by atoms with Gasteiger partial charge in [0.1, 0.15) is 0 Å². The molecule has 2 aromatic rings. The molecular formula is C16H20N2. The maximum Gasteiger partial charge on any atom is 0.0502 e. The topological polar surface area (TPSA) is 19.0 Å². The summed E-state index contributed by atoms with van der Waals surface area (Å²) in [5.74, 6) is 0. The number of nitrogens with one attached hydrogen (secondary N) is 1. The Morgan fingerprint density at radius 1 is 1.33 bits per heavy atom. The van der Waals surface area contributed by atoms with Gasteiger partial charge in [0, 0.05) is 17.8 Å². The van der Waals surface area contributed by atoms with Gasteiger partial charge >= 0.3 is 0 Å². The van der Waals surface area contributed by atoms with Gasteiger partial charge in [-0.1, -0.05) is 30.7 Å². The standard InChI is InChI=1S/C16H20N2/c1-2-10-18-11-6-5-9-16(18)15-12-13-7-3-4-8-14(13)17-15/h2-4,7-8,12,16-17H,1,5-6,9-11H2. The number of benzene rings is 1. The van der Waals surface area contributed by atoms with Gasteiger partial charge in [-0.05, 0) is 36.9 Å². The van der Waals surface area contributed by atoms with Gasteiger partial charge in [0.15, 0.2) is 0 Å². The fourth-order valence-corrected chi connectivity index (χ4v) is 3.00. The zero-order valence-electron chi connectivity index (χ0n) is 10.7. The van der Waals surface area contributed by atoms with Crippen LogP contribution < -0.4 is 0 Å². The van der Waals surface area contributed by atoms with Gasteiger partial charge in [0.2, 0.25) is 0 Å². The first-order chi connectivity index (χ1) is 8.88. The molecule has 1 fully saturated rings. The Morgan fingerprint density at radius 2 is 2.22 bits per heavy atom. The number of aromatic amines is 1. The van der Waals surface area contributed by atoms with Crippen LogP contribution in [0.1, 0.15) is 31.0 Å². The number of H-pyrrole nitrogens is 1. The minimum absolute atomic E-state index is 0.532. The molecule has 3 rings (SSSR count). The first kappa shape index (κ1) is 11.5. The van der Waals surface area contributed by atoms with E-state index in [-0.39, 0.29) is 0 Å². The first-order valence-corrected chi connectivity index (χ1v) is 6.81. The van der Waals surface area contributed by atoms with Crippen LogP contribution in [0.5, 0.6) is 0 Å². The number of piperidine rings is 1. The summed E-state index contributed by atoms with van der Waals surface area (Å²) in [6.07, 6.45) is 5.90. The van der Waals surface area contributed by atoms with Crippen molar-refractivity contribution in [1.82, 2.24) is 9.88 Å². The van der Waals surface area contributed by atoms with Crippen LogP contribution in [-0.2, 0) is 0 Å². The van der Waals surface area contributed by atoms with E-state index in [1.54, 1.807) is 0 Å². The van der Waals surface area contributed by atoms with E-state index in [4.69, 9.17) is 0 Å². The van der Waals surface area contributed by atoms with Crippen LogP contribution >= 0.6 is 0 Å². The van der Waals surface area contributed by atoms with Crippen LogP contribution in [-0.4, -0.2) is 23.0 Å². The molecule has 2 heteroatoms. The Balaban J connectivity index is 1.93. The van der Waals surface area contributed by atoms with E-state index in [1.165, 1.54) is 42.4 Å². The van der Waals surface area contributed by atoms with E-state index in [0.717, 1.165) is 6.54 Å². The van der Waals surface area contributed by atoms with Crippen molar-refractivity contribution in [1.29, 1.82) is 0 Å². The molecule has 1 atom stereocenters. The summed E-state index contributed by atoms with van der Waals surface area (Å²) in [5, 5.41) is 1.32. The van der Waals surface area contributed by atoms with Crippen LogP contribution in [0.3, 0.4) is 0 Å². The third-order valence-corrected chi connectivity index (χ3v) is 3.89. The molecule has 0 spiro atoms. The molecule has 2 heterocycles. The van der Waals surface area contributed by atoms with Crippen molar-refractivity contribution >= 4 is 10.9 Å². The Hall–Kier alpha value is -1.54. The first-order valence-electron chi connectivity index (χ1n) is 6.81. The molecule has 18 heavy (non-hydrogen) atoms. The highest BCUT2D eigenvalue weighted by Gasteiger charge is 2.24. The summed E-state index contributed by atoms with van der Waals surface area (Å²) in [4.78, 5) is 6.11. The summed E-state index contributed by atoms with van der Waals surface area (Å²) < 4.78 is 0. The average Bonchev–Trinajstić information content (AvgIpc) is 2.83. The summed E-state index contributed by atoms with van der Waals surface area (Å²) in [5.41, 5.74) is 2.61. The van der Waals surface area contributed by atoms with Gasteiger partial charge in [0.25, 0.3) is 0 Å². The molecule has 2 nitrogen and oxygen atoms in total. The normalized spacial score (nSPS) is 21.2. The Labute approximate surface area is 108 Å². The average molecular weight is 240 g/mol. The molecule has 1 aromatic heterocycles. The van der Waals surface area contributed by atoms with Crippen LogP contribution in [0.25, 0.3) is 10.9 Å². The predicted octanol–water partition coefficient (Wildman–Crippen LogP) is 3.88. The van der Waals surface area contributed by atoms with Gasteiger partial charge in [-0.15, -0.1) is 6.58 Å². The summed E-state index contributed by atoms with van der Waals surface area (Å²) in [7, 11) is 0. The molecule has 1 aliphatic heterocycles. The van der Waals surface area contributed by atoms with Gasteiger partial charge in [-0.3, -0.25) is 4.90 Å². The quantitative estimate of drug-likeness (QED) is 0.807. The SMILES string of the molecule is C=CCN1CCCCC1c1cc2ccccc2[nH]1. The summed E-state index contributed by atoms with van der Waals surface area (Å²) in [6, 6.07) is 11.4. The number of nitrogens with zero attached hydrogens (tertiary/aromatic N) is 1. The second kappa shape index (κ2) is 4.99. The number of likely N-dealkylation sites (tertiary alicyclic amines) is 1. The Morgan fingerprint density at radius 3 is 3.06 bits per heavy atom. The van der Waals surface area contributed by atoms with Crippen molar-refractivity contribution in [2.45, 2.75) is 25.3 Å². The highest BCUT2D eigenvalue weighted by atomic mass is 15.2. The molecule has 1 saturated heterocycles. The molecule has 0 saturated carbocycles. The summed E-state index contributed by atoms with van der Waals surface area (Å²) in [6.45, 7) is 6.05. The smallest absolute Gasteiger partial charge is 0.0502 e. The van der Waals surface area contributed by atoms with Crippen molar-refractivity contribution in [2.24, 2.45) is 0 Å². The van der Waals surface area contributed by atoms with E-state index >= 15 is 0 Å². The van der Waals surface area contributed by atoms with Crippen molar-refractivity contribution < 1.29 is 0 Å². The van der Waals surface area contributed by atoms with E-state index < -0.39 is 0 Å². The predicted molar refractivity (Wildman–Crippen MR) is 76.7 cm³/mol. The number of aromatic nitrogens is 1. The lowest BCUT2D eigenvalue weighted by atomic mass is 9.99. The molecule has 1 aliphatic rings. The van der Waals surface area contributed by atoms with E-state index in [1.807, 2.05) is 6.08 Å². The molecule has 0 radical (unpaired) electrons. The van der Waals surface area contributed by atoms with Gasteiger partial charge in [-0.2, -0.15) is 0 Å². The minimum Gasteiger partial charge on any atom is -0.357 e. The lowest BCUT2D eigenvalue weighted by Crippen LogP contribution is -2.33.